The van der Waals surface area contributed by atoms with Crippen molar-refractivity contribution in [1.82, 2.24) is 0 Å². The number of anilines is 1. The van der Waals surface area contributed by atoms with Gasteiger partial charge in [0.1, 0.15) is 0 Å². The van der Waals surface area contributed by atoms with Crippen LogP contribution in [0.1, 0.15) is 16.7 Å². The number of benzene rings is 3. The summed E-state index contributed by atoms with van der Waals surface area (Å²) in [5.41, 5.74) is 4.09. The van der Waals surface area contributed by atoms with E-state index >= 15 is 0 Å². The van der Waals surface area contributed by atoms with Gasteiger partial charge >= 0.3 is 0 Å². The van der Waals surface area contributed by atoms with Gasteiger partial charge in [-0.1, -0.05) is 53.2 Å². The maximum atomic E-state index is 12.2. The summed E-state index contributed by atoms with van der Waals surface area (Å²) >= 11 is 13.6. The lowest BCUT2D eigenvalue weighted by Crippen LogP contribution is -2.14. The van der Waals surface area contributed by atoms with Crippen LogP contribution in [-0.2, 0) is 11.2 Å². The third-order valence-electron chi connectivity index (χ3n) is 4.06. The standard InChI is InChI=1S/C22H19Cl2NOS/c1-14-3-4-15(2)21(11-14)27-18-8-6-17(7-9-18)25-22(26)13-16-5-10-19(23)20(24)12-16/h3-12H,13H2,1-2H3,(H,25,26). The molecule has 0 spiro atoms. The van der Waals surface area contributed by atoms with Crippen molar-refractivity contribution in [2.24, 2.45) is 0 Å². The molecular weight excluding hydrogens is 397 g/mol. The van der Waals surface area contributed by atoms with Gasteiger partial charge in [0.15, 0.2) is 0 Å². The van der Waals surface area contributed by atoms with Gasteiger partial charge in [0.2, 0.25) is 5.91 Å². The zero-order valence-corrected chi connectivity index (χ0v) is 17.4. The predicted molar refractivity (Wildman–Crippen MR) is 115 cm³/mol. The molecule has 0 aliphatic carbocycles. The third-order valence-corrected chi connectivity index (χ3v) is 5.96. The molecule has 138 valence electrons. The lowest BCUT2D eigenvalue weighted by Gasteiger charge is -2.09. The first-order valence-electron chi connectivity index (χ1n) is 8.49. The van der Waals surface area contributed by atoms with E-state index in [0.717, 1.165) is 16.1 Å². The summed E-state index contributed by atoms with van der Waals surface area (Å²) in [6, 6.07) is 19.5. The van der Waals surface area contributed by atoms with Gasteiger partial charge in [-0.3, -0.25) is 4.79 Å². The molecule has 0 radical (unpaired) electrons. The fraction of sp³-hybridized carbons (Fsp3) is 0.136. The molecule has 5 heteroatoms. The van der Waals surface area contributed by atoms with E-state index in [4.69, 9.17) is 23.2 Å². The van der Waals surface area contributed by atoms with E-state index in [0.29, 0.717) is 10.0 Å². The van der Waals surface area contributed by atoms with E-state index in [2.05, 4.69) is 37.4 Å². The van der Waals surface area contributed by atoms with Gasteiger partial charge in [-0.2, -0.15) is 0 Å². The van der Waals surface area contributed by atoms with Gasteiger partial charge in [0, 0.05) is 15.5 Å². The molecule has 0 aliphatic heterocycles. The van der Waals surface area contributed by atoms with Crippen LogP contribution < -0.4 is 5.32 Å². The molecule has 0 heterocycles. The molecule has 1 amide bonds. The molecule has 3 aromatic rings. The van der Waals surface area contributed by atoms with Crippen molar-refractivity contribution in [2.75, 3.05) is 5.32 Å². The topological polar surface area (TPSA) is 29.1 Å². The summed E-state index contributed by atoms with van der Waals surface area (Å²) in [6.07, 6.45) is 0.246. The average molecular weight is 416 g/mol. The van der Waals surface area contributed by atoms with Crippen LogP contribution in [0.25, 0.3) is 0 Å². The molecule has 3 aromatic carbocycles. The van der Waals surface area contributed by atoms with Gasteiger partial charge in [-0.05, 0) is 73.0 Å². The zero-order valence-electron chi connectivity index (χ0n) is 15.1. The zero-order chi connectivity index (χ0) is 19.4. The Labute approximate surface area is 173 Å². The van der Waals surface area contributed by atoms with Gasteiger partial charge in [0.05, 0.1) is 16.5 Å². The maximum Gasteiger partial charge on any atom is 0.228 e. The van der Waals surface area contributed by atoms with Crippen LogP contribution in [-0.4, -0.2) is 5.91 Å². The highest BCUT2D eigenvalue weighted by Gasteiger charge is 2.07. The lowest BCUT2D eigenvalue weighted by atomic mass is 10.1. The minimum absolute atomic E-state index is 0.0941. The number of rotatable bonds is 5. The van der Waals surface area contributed by atoms with Crippen LogP contribution in [0.4, 0.5) is 5.69 Å². The van der Waals surface area contributed by atoms with Gasteiger partial charge in [-0.25, -0.2) is 0 Å². The summed E-state index contributed by atoms with van der Waals surface area (Å²) in [6.45, 7) is 4.20. The Hall–Kier alpha value is -1.94. The van der Waals surface area contributed by atoms with Crippen LogP contribution in [0.3, 0.4) is 0 Å². The van der Waals surface area contributed by atoms with E-state index in [1.165, 1.54) is 16.0 Å². The summed E-state index contributed by atoms with van der Waals surface area (Å²) in [5.74, 6) is -0.0941. The van der Waals surface area contributed by atoms with E-state index in [1.807, 2.05) is 24.3 Å². The first-order chi connectivity index (χ1) is 12.9. The van der Waals surface area contributed by atoms with E-state index in [-0.39, 0.29) is 12.3 Å². The maximum absolute atomic E-state index is 12.2. The Morgan fingerprint density at radius 2 is 1.67 bits per heavy atom. The largest absolute Gasteiger partial charge is 0.326 e. The van der Waals surface area contributed by atoms with Crippen molar-refractivity contribution in [3.63, 3.8) is 0 Å². The number of halogens is 2. The normalized spacial score (nSPS) is 10.7. The number of nitrogens with one attached hydrogen (secondary N) is 1. The van der Waals surface area contributed by atoms with Gasteiger partial charge in [-0.15, -0.1) is 0 Å². The highest BCUT2D eigenvalue weighted by molar-refractivity contribution is 7.99. The van der Waals surface area contributed by atoms with Crippen molar-refractivity contribution in [3.05, 3.63) is 87.4 Å². The second kappa shape index (κ2) is 8.83. The summed E-state index contributed by atoms with van der Waals surface area (Å²) in [7, 11) is 0. The van der Waals surface area contributed by atoms with Crippen LogP contribution in [0.15, 0.2) is 70.5 Å². The molecule has 0 unspecified atom stereocenters. The van der Waals surface area contributed by atoms with E-state index < -0.39 is 0 Å². The first kappa shape index (κ1) is 19.8. The second-order valence-electron chi connectivity index (χ2n) is 6.37. The van der Waals surface area contributed by atoms with Crippen molar-refractivity contribution in [3.8, 4) is 0 Å². The second-order valence-corrected chi connectivity index (χ2v) is 8.30. The molecule has 0 bridgehead atoms. The number of carbonyl (C=O) groups is 1. The number of carbonyl (C=O) groups excluding carboxylic acids is 1. The molecule has 0 aromatic heterocycles. The molecule has 1 N–H and O–H groups in total. The van der Waals surface area contributed by atoms with Crippen molar-refractivity contribution in [2.45, 2.75) is 30.1 Å². The molecule has 0 saturated carbocycles. The Kier molecular flexibility index (Phi) is 6.48. The molecule has 27 heavy (non-hydrogen) atoms. The quantitative estimate of drug-likeness (QED) is 0.488. The van der Waals surface area contributed by atoms with Crippen LogP contribution >= 0.6 is 35.0 Å². The Morgan fingerprint density at radius 1 is 0.926 bits per heavy atom. The predicted octanol–water partition coefficient (Wildman–Crippen LogP) is 6.94. The van der Waals surface area contributed by atoms with E-state index in [9.17, 15) is 4.79 Å². The molecular formula is C22H19Cl2NOS. The third kappa shape index (κ3) is 5.52. The molecule has 0 saturated heterocycles. The number of amides is 1. The number of aryl methyl sites for hydroxylation is 2. The Morgan fingerprint density at radius 3 is 2.37 bits per heavy atom. The molecule has 0 atom stereocenters. The highest BCUT2D eigenvalue weighted by atomic mass is 35.5. The van der Waals surface area contributed by atoms with Gasteiger partial charge < -0.3 is 5.32 Å². The smallest absolute Gasteiger partial charge is 0.228 e. The summed E-state index contributed by atoms with van der Waals surface area (Å²) in [4.78, 5) is 14.6. The van der Waals surface area contributed by atoms with Crippen LogP contribution in [0.2, 0.25) is 10.0 Å². The fourth-order valence-electron chi connectivity index (χ4n) is 2.59. The minimum Gasteiger partial charge on any atom is -0.326 e. The monoisotopic (exact) mass is 415 g/mol. The van der Waals surface area contributed by atoms with E-state index in [1.54, 1.807) is 30.0 Å². The van der Waals surface area contributed by atoms with Crippen LogP contribution in [0, 0.1) is 13.8 Å². The molecule has 0 aliphatic rings. The molecule has 0 fully saturated rings. The van der Waals surface area contributed by atoms with Crippen molar-refractivity contribution < 1.29 is 4.79 Å². The van der Waals surface area contributed by atoms with Crippen molar-refractivity contribution >= 4 is 46.6 Å². The molecule has 2 nitrogen and oxygen atoms in total. The minimum atomic E-state index is -0.0941. The highest BCUT2D eigenvalue weighted by Crippen LogP contribution is 2.31. The summed E-state index contributed by atoms with van der Waals surface area (Å²) < 4.78 is 0. The molecule has 3 rings (SSSR count). The van der Waals surface area contributed by atoms with Crippen LogP contribution in [0.5, 0.6) is 0 Å². The SMILES string of the molecule is Cc1ccc(C)c(Sc2ccc(NC(=O)Cc3ccc(Cl)c(Cl)c3)cc2)c1. The number of hydrogen-bond acceptors (Lipinski definition) is 2. The first-order valence-corrected chi connectivity index (χ1v) is 10.1. The number of hydrogen-bond donors (Lipinski definition) is 1. The lowest BCUT2D eigenvalue weighted by molar-refractivity contribution is -0.115. The van der Waals surface area contributed by atoms with Gasteiger partial charge in [0.25, 0.3) is 0 Å². The summed E-state index contributed by atoms with van der Waals surface area (Å²) in [5, 5.41) is 3.85. The Bertz CT molecular complexity index is 971. The fourth-order valence-corrected chi connectivity index (χ4v) is 3.91. The Balaban J connectivity index is 1.62. The van der Waals surface area contributed by atoms with Crippen molar-refractivity contribution in [1.29, 1.82) is 0 Å². The average Bonchev–Trinajstić information content (AvgIpc) is 2.63.